The standard InChI is InChI=1S/C24H21N5O3S/c1-15-14-28(23(31)16-5-3-2-4-6-16)10-11-29(15)24(32)21(30)18-13-27-19-17(7-8-25-20(18)19)22-26-9-12-33-22/h2-9,12-13,15,27H,10-11,14H2,1H3/t15-/m1/s1. The number of Topliss-reactive ketones (excluding diaryl/α,β-unsaturated/α-hetero) is 1. The highest BCUT2D eigenvalue weighted by molar-refractivity contribution is 7.13. The summed E-state index contributed by atoms with van der Waals surface area (Å²) in [7, 11) is 0. The number of pyridine rings is 1. The summed E-state index contributed by atoms with van der Waals surface area (Å²) in [4.78, 5) is 54.1. The Hall–Kier alpha value is -3.85. The zero-order valence-corrected chi connectivity index (χ0v) is 18.7. The number of ketones is 1. The van der Waals surface area contributed by atoms with Crippen LogP contribution in [-0.2, 0) is 4.79 Å². The molecule has 1 aliphatic heterocycles. The van der Waals surface area contributed by atoms with Crippen LogP contribution in [0, 0.1) is 0 Å². The molecule has 4 aromatic rings. The van der Waals surface area contributed by atoms with Crippen LogP contribution in [0.5, 0.6) is 0 Å². The average molecular weight is 460 g/mol. The average Bonchev–Trinajstić information content (AvgIpc) is 3.53. The molecule has 1 N–H and O–H groups in total. The van der Waals surface area contributed by atoms with Crippen molar-refractivity contribution in [1.29, 1.82) is 0 Å². The molecular formula is C24H21N5O3S. The van der Waals surface area contributed by atoms with Crippen molar-refractivity contribution in [2.45, 2.75) is 13.0 Å². The Balaban J connectivity index is 1.34. The number of nitrogens with zero attached hydrogens (tertiary/aromatic N) is 4. The van der Waals surface area contributed by atoms with E-state index >= 15 is 0 Å². The molecule has 0 spiro atoms. The van der Waals surface area contributed by atoms with Gasteiger partial charge < -0.3 is 14.8 Å². The van der Waals surface area contributed by atoms with Gasteiger partial charge in [-0.05, 0) is 25.1 Å². The molecule has 0 aliphatic carbocycles. The maximum Gasteiger partial charge on any atom is 0.295 e. The summed E-state index contributed by atoms with van der Waals surface area (Å²) in [5.41, 5.74) is 2.81. The molecule has 3 aromatic heterocycles. The van der Waals surface area contributed by atoms with Gasteiger partial charge in [0.25, 0.3) is 17.6 Å². The van der Waals surface area contributed by atoms with Crippen molar-refractivity contribution in [2.75, 3.05) is 19.6 Å². The highest BCUT2D eigenvalue weighted by Crippen LogP contribution is 2.30. The van der Waals surface area contributed by atoms with Crippen LogP contribution >= 0.6 is 11.3 Å². The summed E-state index contributed by atoms with van der Waals surface area (Å²) in [6.07, 6.45) is 4.87. The lowest BCUT2D eigenvalue weighted by Crippen LogP contribution is -2.56. The number of hydrogen-bond donors (Lipinski definition) is 1. The second kappa shape index (κ2) is 8.59. The summed E-state index contributed by atoms with van der Waals surface area (Å²) in [6, 6.07) is 10.6. The van der Waals surface area contributed by atoms with Crippen molar-refractivity contribution in [1.82, 2.24) is 24.8 Å². The zero-order valence-electron chi connectivity index (χ0n) is 17.9. The molecule has 166 valence electrons. The molecule has 1 aromatic carbocycles. The van der Waals surface area contributed by atoms with E-state index in [9.17, 15) is 14.4 Å². The fourth-order valence-electron chi connectivity index (χ4n) is 4.19. The predicted octanol–water partition coefficient (Wildman–Crippen LogP) is 3.24. The largest absolute Gasteiger partial charge is 0.359 e. The number of rotatable bonds is 4. The monoisotopic (exact) mass is 459 g/mol. The molecule has 1 saturated heterocycles. The van der Waals surface area contributed by atoms with Crippen LogP contribution in [0.25, 0.3) is 21.6 Å². The number of piperazine rings is 1. The molecule has 33 heavy (non-hydrogen) atoms. The van der Waals surface area contributed by atoms with E-state index in [1.54, 1.807) is 34.3 Å². The van der Waals surface area contributed by atoms with E-state index in [1.807, 2.05) is 36.6 Å². The number of fused-ring (bicyclic) bond motifs is 1. The molecule has 0 radical (unpaired) electrons. The second-order valence-electron chi connectivity index (χ2n) is 7.92. The van der Waals surface area contributed by atoms with Crippen LogP contribution in [0.2, 0.25) is 0 Å². The highest BCUT2D eigenvalue weighted by atomic mass is 32.1. The van der Waals surface area contributed by atoms with E-state index in [-0.39, 0.29) is 17.5 Å². The van der Waals surface area contributed by atoms with Crippen LogP contribution in [0.4, 0.5) is 0 Å². The Morgan fingerprint density at radius 1 is 1.06 bits per heavy atom. The first-order chi connectivity index (χ1) is 16.0. The molecule has 1 aliphatic rings. The number of aromatic nitrogens is 3. The van der Waals surface area contributed by atoms with E-state index in [1.165, 1.54) is 17.5 Å². The molecule has 5 rings (SSSR count). The van der Waals surface area contributed by atoms with Gasteiger partial charge in [-0.3, -0.25) is 19.4 Å². The van der Waals surface area contributed by atoms with Crippen molar-refractivity contribution < 1.29 is 14.4 Å². The highest BCUT2D eigenvalue weighted by Gasteiger charge is 2.34. The van der Waals surface area contributed by atoms with Gasteiger partial charge in [0, 0.05) is 60.8 Å². The van der Waals surface area contributed by atoms with E-state index in [0.717, 1.165) is 10.6 Å². The van der Waals surface area contributed by atoms with Crippen molar-refractivity contribution >= 4 is 40.0 Å². The topological polar surface area (TPSA) is 99.3 Å². The van der Waals surface area contributed by atoms with Gasteiger partial charge in [-0.2, -0.15) is 0 Å². The number of amides is 2. The maximum absolute atomic E-state index is 13.2. The lowest BCUT2D eigenvalue weighted by molar-refractivity contribution is -0.130. The molecular weight excluding hydrogens is 438 g/mol. The Labute approximate surface area is 193 Å². The minimum absolute atomic E-state index is 0.0728. The van der Waals surface area contributed by atoms with E-state index in [4.69, 9.17) is 0 Å². The van der Waals surface area contributed by atoms with Gasteiger partial charge >= 0.3 is 0 Å². The summed E-state index contributed by atoms with van der Waals surface area (Å²) in [5, 5.41) is 2.69. The van der Waals surface area contributed by atoms with Crippen LogP contribution in [0.15, 0.2) is 60.4 Å². The number of thiazole rings is 1. The van der Waals surface area contributed by atoms with Crippen molar-refractivity contribution in [2.24, 2.45) is 0 Å². The lowest BCUT2D eigenvalue weighted by Gasteiger charge is -2.39. The third-order valence-corrected chi connectivity index (χ3v) is 6.67. The summed E-state index contributed by atoms with van der Waals surface area (Å²) in [5.74, 6) is -1.27. The fourth-order valence-corrected chi connectivity index (χ4v) is 4.85. The van der Waals surface area contributed by atoms with Crippen molar-refractivity contribution in [3.8, 4) is 10.6 Å². The molecule has 0 unspecified atom stereocenters. The molecule has 1 atom stereocenters. The smallest absolute Gasteiger partial charge is 0.295 e. The van der Waals surface area contributed by atoms with Crippen LogP contribution in [0.1, 0.15) is 27.6 Å². The number of aromatic amines is 1. The molecule has 1 fully saturated rings. The Morgan fingerprint density at radius 2 is 1.88 bits per heavy atom. The number of nitrogens with one attached hydrogen (secondary N) is 1. The number of carbonyl (C=O) groups is 3. The van der Waals surface area contributed by atoms with Gasteiger partial charge in [0.05, 0.1) is 16.6 Å². The SMILES string of the molecule is C[C@@H]1CN(C(=O)c2ccccc2)CCN1C(=O)C(=O)c1c[nH]c2c(-c3nccs3)ccnc12. The Bertz CT molecular complexity index is 1330. The molecule has 8 nitrogen and oxygen atoms in total. The predicted molar refractivity (Wildman–Crippen MR) is 125 cm³/mol. The van der Waals surface area contributed by atoms with Gasteiger partial charge in [-0.25, -0.2) is 4.98 Å². The zero-order chi connectivity index (χ0) is 22.9. The fraction of sp³-hybridized carbons (Fsp3) is 0.208. The van der Waals surface area contributed by atoms with Crippen LogP contribution in [-0.4, -0.2) is 68.0 Å². The van der Waals surface area contributed by atoms with Crippen molar-refractivity contribution in [3.05, 3.63) is 71.5 Å². The van der Waals surface area contributed by atoms with E-state index < -0.39 is 11.7 Å². The minimum Gasteiger partial charge on any atom is -0.359 e. The van der Waals surface area contributed by atoms with E-state index in [0.29, 0.717) is 36.2 Å². The van der Waals surface area contributed by atoms with Gasteiger partial charge in [-0.15, -0.1) is 11.3 Å². The third kappa shape index (κ3) is 3.80. The Kier molecular flexibility index (Phi) is 5.47. The number of carbonyl (C=O) groups excluding carboxylic acids is 3. The lowest BCUT2D eigenvalue weighted by atomic mass is 10.1. The number of benzene rings is 1. The van der Waals surface area contributed by atoms with E-state index in [2.05, 4.69) is 15.0 Å². The van der Waals surface area contributed by atoms with Gasteiger partial charge in [0.2, 0.25) is 0 Å². The van der Waals surface area contributed by atoms with Gasteiger partial charge in [0.1, 0.15) is 5.01 Å². The van der Waals surface area contributed by atoms with Crippen LogP contribution < -0.4 is 0 Å². The summed E-state index contributed by atoms with van der Waals surface area (Å²) < 4.78 is 0. The minimum atomic E-state index is -0.611. The Morgan fingerprint density at radius 3 is 2.61 bits per heavy atom. The number of H-pyrrole nitrogens is 1. The maximum atomic E-state index is 13.2. The van der Waals surface area contributed by atoms with Gasteiger partial charge in [-0.1, -0.05) is 18.2 Å². The van der Waals surface area contributed by atoms with Crippen molar-refractivity contribution in [3.63, 3.8) is 0 Å². The molecule has 9 heteroatoms. The quantitative estimate of drug-likeness (QED) is 0.373. The molecule has 0 bridgehead atoms. The number of hydrogen-bond acceptors (Lipinski definition) is 6. The first-order valence-corrected chi connectivity index (χ1v) is 11.5. The second-order valence-corrected chi connectivity index (χ2v) is 8.81. The third-order valence-electron chi connectivity index (χ3n) is 5.86. The summed E-state index contributed by atoms with van der Waals surface area (Å²) in [6.45, 7) is 2.89. The van der Waals surface area contributed by atoms with Crippen LogP contribution in [0.3, 0.4) is 0 Å². The first-order valence-electron chi connectivity index (χ1n) is 10.6. The first kappa shape index (κ1) is 21.0. The molecule has 2 amide bonds. The molecule has 0 saturated carbocycles. The van der Waals surface area contributed by atoms with Gasteiger partial charge in [0.15, 0.2) is 0 Å². The normalized spacial score (nSPS) is 16.2. The summed E-state index contributed by atoms with van der Waals surface area (Å²) >= 11 is 1.49. The molecule has 4 heterocycles.